The number of nitrogens with zero attached hydrogens (tertiary/aromatic N) is 1. The largest absolute Gasteiger partial charge is 0.389 e. The molecular weight excluding hydrogens is 256 g/mol. The molecule has 1 aromatic carbocycles. The third-order valence-corrected chi connectivity index (χ3v) is 3.38. The van der Waals surface area contributed by atoms with Gasteiger partial charge < -0.3 is 5.11 Å². The quantitative estimate of drug-likeness (QED) is 0.923. The van der Waals surface area contributed by atoms with Crippen molar-refractivity contribution in [2.45, 2.75) is 22.9 Å². The molecule has 0 aliphatic heterocycles. The molecule has 0 aliphatic rings. The molecule has 0 spiro atoms. The Labute approximate surface area is 108 Å². The monoisotopic (exact) mass is 267 g/mol. The van der Waals surface area contributed by atoms with Gasteiger partial charge in [-0.3, -0.25) is 0 Å². The molecule has 2 rings (SSSR count). The van der Waals surface area contributed by atoms with E-state index in [4.69, 9.17) is 0 Å². The van der Waals surface area contributed by atoms with Gasteiger partial charge in [-0.05, 0) is 31.2 Å². The van der Waals surface area contributed by atoms with Gasteiger partial charge in [-0.25, -0.2) is 13.8 Å². The zero-order chi connectivity index (χ0) is 13.1. The van der Waals surface area contributed by atoms with E-state index in [2.05, 4.69) is 4.98 Å². The highest BCUT2D eigenvalue weighted by Gasteiger charge is 2.11. The number of aromatic nitrogens is 1. The van der Waals surface area contributed by atoms with Crippen LogP contribution >= 0.6 is 11.8 Å². The van der Waals surface area contributed by atoms with Crippen LogP contribution in [0.25, 0.3) is 0 Å². The maximum Gasteiger partial charge on any atom is 0.159 e. The smallest absolute Gasteiger partial charge is 0.159 e. The lowest BCUT2D eigenvalue weighted by atomic mass is 10.2. The van der Waals surface area contributed by atoms with Crippen molar-refractivity contribution in [2.75, 3.05) is 0 Å². The van der Waals surface area contributed by atoms with Crippen molar-refractivity contribution in [2.24, 2.45) is 0 Å². The molecule has 0 bridgehead atoms. The van der Waals surface area contributed by atoms with Crippen molar-refractivity contribution in [3.63, 3.8) is 0 Å². The van der Waals surface area contributed by atoms with Crippen LogP contribution in [0.2, 0.25) is 0 Å². The van der Waals surface area contributed by atoms with Crippen molar-refractivity contribution in [1.82, 2.24) is 4.98 Å². The Morgan fingerprint density at radius 1 is 1.22 bits per heavy atom. The van der Waals surface area contributed by atoms with E-state index in [0.29, 0.717) is 15.5 Å². The van der Waals surface area contributed by atoms with Crippen LogP contribution in [0.3, 0.4) is 0 Å². The molecule has 0 fully saturated rings. The minimum Gasteiger partial charge on any atom is -0.389 e. The number of rotatable bonds is 3. The summed E-state index contributed by atoms with van der Waals surface area (Å²) in [5.41, 5.74) is 0.659. The zero-order valence-corrected chi connectivity index (χ0v) is 10.4. The van der Waals surface area contributed by atoms with Gasteiger partial charge in [0.25, 0.3) is 0 Å². The summed E-state index contributed by atoms with van der Waals surface area (Å²) in [6, 6.07) is 7.13. The molecule has 0 saturated carbocycles. The summed E-state index contributed by atoms with van der Waals surface area (Å²) in [5, 5.41) is 10.2. The second-order valence-electron chi connectivity index (χ2n) is 3.75. The van der Waals surface area contributed by atoms with Crippen molar-refractivity contribution < 1.29 is 13.9 Å². The third-order valence-electron chi connectivity index (χ3n) is 2.36. The highest BCUT2D eigenvalue weighted by Crippen LogP contribution is 2.31. The maximum atomic E-state index is 13.1. The van der Waals surface area contributed by atoms with Crippen LogP contribution in [0, 0.1) is 11.6 Å². The molecule has 1 heterocycles. The minimum atomic E-state index is -0.894. The molecule has 0 radical (unpaired) electrons. The number of halogens is 2. The standard InChI is InChI=1S/C13H11F2NOS/c1-8(17)10-3-2-6-16-13(10)18-9-4-5-11(14)12(15)7-9/h2-8,17H,1H3/t8-/m1/s1. The Bertz CT molecular complexity index is 560. The van der Waals surface area contributed by atoms with Gasteiger partial charge in [0.2, 0.25) is 0 Å². The Morgan fingerprint density at radius 2 is 2.00 bits per heavy atom. The number of aliphatic hydroxyl groups is 1. The third kappa shape index (κ3) is 2.86. The Balaban J connectivity index is 2.31. The van der Waals surface area contributed by atoms with Crippen molar-refractivity contribution >= 4 is 11.8 Å². The normalized spacial score (nSPS) is 12.4. The molecule has 1 N–H and O–H groups in total. The first-order valence-corrected chi connectivity index (χ1v) is 6.15. The van der Waals surface area contributed by atoms with Crippen LogP contribution in [0.4, 0.5) is 8.78 Å². The van der Waals surface area contributed by atoms with Gasteiger partial charge in [-0.2, -0.15) is 0 Å². The predicted octanol–water partition coefficient (Wildman–Crippen LogP) is 3.56. The summed E-state index contributed by atoms with van der Waals surface area (Å²) in [6.07, 6.45) is 0.931. The lowest BCUT2D eigenvalue weighted by Gasteiger charge is -2.10. The van der Waals surface area contributed by atoms with Crippen LogP contribution < -0.4 is 0 Å². The van der Waals surface area contributed by atoms with Crippen molar-refractivity contribution in [3.8, 4) is 0 Å². The summed E-state index contributed by atoms with van der Waals surface area (Å²) in [4.78, 5) is 4.67. The number of benzene rings is 1. The van der Waals surface area contributed by atoms with E-state index in [1.807, 2.05) is 0 Å². The second kappa shape index (κ2) is 5.46. The number of aliphatic hydroxyl groups excluding tert-OH is 1. The van der Waals surface area contributed by atoms with E-state index in [0.717, 1.165) is 12.1 Å². The molecule has 0 aliphatic carbocycles. The number of hydrogen-bond donors (Lipinski definition) is 1. The summed E-state index contributed by atoms with van der Waals surface area (Å²) in [5.74, 6) is -1.77. The molecule has 18 heavy (non-hydrogen) atoms. The fourth-order valence-electron chi connectivity index (χ4n) is 1.46. The van der Waals surface area contributed by atoms with Gasteiger partial charge in [0, 0.05) is 16.7 Å². The summed E-state index contributed by atoms with van der Waals surface area (Å²) < 4.78 is 25.9. The number of hydrogen-bond acceptors (Lipinski definition) is 3. The SMILES string of the molecule is C[C@@H](O)c1cccnc1Sc1ccc(F)c(F)c1. The van der Waals surface area contributed by atoms with Gasteiger partial charge >= 0.3 is 0 Å². The number of pyridine rings is 1. The Morgan fingerprint density at radius 3 is 2.67 bits per heavy atom. The minimum absolute atomic E-state index is 0.537. The first-order chi connectivity index (χ1) is 8.58. The lowest BCUT2D eigenvalue weighted by Crippen LogP contribution is -1.96. The van der Waals surface area contributed by atoms with E-state index < -0.39 is 17.7 Å². The highest BCUT2D eigenvalue weighted by molar-refractivity contribution is 7.99. The van der Waals surface area contributed by atoms with Crippen LogP contribution in [0.1, 0.15) is 18.6 Å². The summed E-state index contributed by atoms with van der Waals surface area (Å²) in [6.45, 7) is 1.63. The molecule has 5 heteroatoms. The van der Waals surface area contributed by atoms with Gasteiger partial charge in [-0.1, -0.05) is 17.8 Å². The second-order valence-corrected chi connectivity index (χ2v) is 4.81. The molecular formula is C13H11F2NOS. The predicted molar refractivity (Wildman–Crippen MR) is 65.4 cm³/mol. The van der Waals surface area contributed by atoms with E-state index in [9.17, 15) is 13.9 Å². The maximum absolute atomic E-state index is 13.1. The molecule has 2 nitrogen and oxygen atoms in total. The van der Waals surface area contributed by atoms with Gasteiger partial charge in [0.15, 0.2) is 11.6 Å². The van der Waals surface area contributed by atoms with Crippen molar-refractivity contribution in [1.29, 1.82) is 0 Å². The van der Waals surface area contributed by atoms with Gasteiger partial charge in [0.1, 0.15) is 5.03 Å². The van der Waals surface area contributed by atoms with Crippen molar-refractivity contribution in [3.05, 3.63) is 53.7 Å². The van der Waals surface area contributed by atoms with Crippen LogP contribution in [-0.2, 0) is 0 Å². The summed E-state index contributed by atoms with van der Waals surface area (Å²) >= 11 is 1.19. The molecule has 2 aromatic rings. The lowest BCUT2D eigenvalue weighted by molar-refractivity contribution is 0.195. The molecule has 0 unspecified atom stereocenters. The van der Waals surface area contributed by atoms with Crippen LogP contribution in [-0.4, -0.2) is 10.1 Å². The fourth-order valence-corrected chi connectivity index (χ4v) is 2.45. The average Bonchev–Trinajstić information content (AvgIpc) is 2.34. The van der Waals surface area contributed by atoms with Crippen LogP contribution in [0.15, 0.2) is 46.5 Å². The van der Waals surface area contributed by atoms with E-state index in [1.165, 1.54) is 17.8 Å². The zero-order valence-electron chi connectivity index (χ0n) is 9.60. The van der Waals surface area contributed by atoms with E-state index in [-0.39, 0.29) is 0 Å². The van der Waals surface area contributed by atoms with Crippen LogP contribution in [0.5, 0.6) is 0 Å². The highest BCUT2D eigenvalue weighted by atomic mass is 32.2. The topological polar surface area (TPSA) is 33.1 Å². The van der Waals surface area contributed by atoms with Gasteiger partial charge in [0.05, 0.1) is 6.10 Å². The Kier molecular flexibility index (Phi) is 3.93. The Hall–Kier alpha value is -1.46. The fraction of sp³-hybridized carbons (Fsp3) is 0.154. The molecule has 94 valence electrons. The molecule has 0 amide bonds. The van der Waals surface area contributed by atoms with E-state index in [1.54, 1.807) is 25.3 Å². The first kappa shape index (κ1) is 13.0. The molecule has 0 saturated heterocycles. The van der Waals surface area contributed by atoms with Gasteiger partial charge in [-0.15, -0.1) is 0 Å². The average molecular weight is 267 g/mol. The van der Waals surface area contributed by atoms with E-state index >= 15 is 0 Å². The summed E-state index contributed by atoms with van der Waals surface area (Å²) in [7, 11) is 0. The molecule has 1 aromatic heterocycles. The molecule has 1 atom stereocenters. The first-order valence-electron chi connectivity index (χ1n) is 5.34.